The number of hydrogen-bond donors (Lipinski definition) is 2. The summed E-state index contributed by atoms with van der Waals surface area (Å²) >= 11 is 0. The van der Waals surface area contributed by atoms with E-state index in [1.54, 1.807) is 4.90 Å². The van der Waals surface area contributed by atoms with Crippen LogP contribution in [0.4, 0.5) is 0 Å². The Morgan fingerprint density at radius 2 is 1.85 bits per heavy atom. The highest BCUT2D eigenvalue weighted by Gasteiger charge is 2.31. The van der Waals surface area contributed by atoms with Crippen molar-refractivity contribution in [2.45, 2.75) is 65.3 Å². The lowest BCUT2D eigenvalue weighted by atomic mass is 9.83. The smallest absolute Gasteiger partial charge is 0.320 e. The summed E-state index contributed by atoms with van der Waals surface area (Å²) in [6, 6.07) is 3.97. The summed E-state index contributed by atoms with van der Waals surface area (Å²) in [6.07, 6.45) is 2.25. The molecule has 2 N–H and O–H groups in total. The molecular formula is C21H32N2O3. The lowest BCUT2D eigenvalue weighted by Gasteiger charge is -2.23. The summed E-state index contributed by atoms with van der Waals surface area (Å²) in [5, 5.41) is 12.1. The first kappa shape index (κ1) is 20.4. The number of amides is 1. The van der Waals surface area contributed by atoms with Gasteiger partial charge in [-0.05, 0) is 67.3 Å². The predicted molar refractivity (Wildman–Crippen MR) is 104 cm³/mol. The largest absolute Gasteiger partial charge is 0.480 e. The van der Waals surface area contributed by atoms with Crippen LogP contribution >= 0.6 is 0 Å². The zero-order valence-corrected chi connectivity index (χ0v) is 16.7. The molecule has 5 nitrogen and oxygen atoms in total. The second-order valence-electron chi connectivity index (χ2n) is 8.41. The number of nitrogens with one attached hydrogen (secondary N) is 1. The van der Waals surface area contributed by atoms with Crippen molar-refractivity contribution < 1.29 is 14.7 Å². The molecule has 0 spiro atoms. The number of aryl methyl sites for hydroxylation is 2. The molecule has 1 amide bonds. The molecule has 1 aliphatic rings. The van der Waals surface area contributed by atoms with Crippen LogP contribution in [0, 0.1) is 13.8 Å². The Labute approximate surface area is 156 Å². The van der Waals surface area contributed by atoms with Crippen LogP contribution < -0.4 is 5.32 Å². The van der Waals surface area contributed by atoms with Crippen molar-refractivity contribution in [2.75, 3.05) is 19.6 Å². The molecule has 2 rings (SSSR count). The molecule has 0 aromatic heterocycles. The summed E-state index contributed by atoms with van der Waals surface area (Å²) in [5.41, 5.74) is 5.25. The maximum atomic E-state index is 12.2. The van der Waals surface area contributed by atoms with Gasteiger partial charge in [0.05, 0.1) is 6.54 Å². The standard InChI is InChI=1S/C21H32N2O3/c1-14-11-16(21(3,4)5)12-15(2)17(14)8-9-22-19(24)13-23-10-6-7-18(23)20(25)26/h11-12,18H,6-10,13H2,1-5H3,(H,22,24)(H,25,26)/t18-/m0/s1. The molecule has 5 heteroatoms. The van der Waals surface area contributed by atoms with Crippen molar-refractivity contribution in [2.24, 2.45) is 0 Å². The number of rotatable bonds is 6. The maximum Gasteiger partial charge on any atom is 0.320 e. The van der Waals surface area contributed by atoms with Crippen molar-refractivity contribution in [3.05, 3.63) is 34.4 Å². The molecule has 0 unspecified atom stereocenters. The van der Waals surface area contributed by atoms with Crippen LogP contribution in [0.2, 0.25) is 0 Å². The highest BCUT2D eigenvalue weighted by molar-refractivity contribution is 5.80. The van der Waals surface area contributed by atoms with Gasteiger partial charge in [0.15, 0.2) is 0 Å². The third kappa shape index (κ3) is 5.07. The molecule has 26 heavy (non-hydrogen) atoms. The monoisotopic (exact) mass is 360 g/mol. The van der Waals surface area contributed by atoms with E-state index in [0.717, 1.165) is 12.8 Å². The van der Waals surface area contributed by atoms with E-state index in [4.69, 9.17) is 0 Å². The molecule has 1 aromatic carbocycles. The van der Waals surface area contributed by atoms with Gasteiger partial charge in [0.25, 0.3) is 0 Å². The number of carbonyl (C=O) groups excluding carboxylic acids is 1. The molecule has 1 aromatic rings. The van der Waals surface area contributed by atoms with E-state index in [0.29, 0.717) is 19.5 Å². The first-order chi connectivity index (χ1) is 12.1. The molecule has 1 saturated heterocycles. The van der Waals surface area contributed by atoms with Crippen molar-refractivity contribution >= 4 is 11.9 Å². The minimum atomic E-state index is -0.833. The third-order valence-corrected chi connectivity index (χ3v) is 5.25. The van der Waals surface area contributed by atoms with Crippen LogP contribution in [0.5, 0.6) is 0 Å². The molecular weight excluding hydrogens is 328 g/mol. The first-order valence-electron chi connectivity index (χ1n) is 9.43. The predicted octanol–water partition coefficient (Wildman–Crippen LogP) is 2.81. The van der Waals surface area contributed by atoms with E-state index in [1.165, 1.54) is 22.3 Å². The normalized spacial score (nSPS) is 18.1. The Morgan fingerprint density at radius 1 is 1.23 bits per heavy atom. The number of carboxylic acid groups (broad SMARTS) is 1. The summed E-state index contributed by atoms with van der Waals surface area (Å²) in [7, 11) is 0. The Hall–Kier alpha value is -1.88. The number of aliphatic carboxylic acids is 1. The number of carbonyl (C=O) groups is 2. The van der Waals surface area contributed by atoms with Gasteiger partial charge >= 0.3 is 5.97 Å². The van der Waals surface area contributed by atoms with Crippen molar-refractivity contribution in [1.82, 2.24) is 10.2 Å². The topological polar surface area (TPSA) is 69.6 Å². The number of likely N-dealkylation sites (tertiary alicyclic amines) is 1. The van der Waals surface area contributed by atoms with Crippen LogP contribution in [0.1, 0.15) is 55.9 Å². The van der Waals surface area contributed by atoms with Crippen LogP contribution in [-0.2, 0) is 21.4 Å². The number of nitrogens with zero attached hydrogens (tertiary/aromatic N) is 1. The molecule has 1 aliphatic heterocycles. The van der Waals surface area contributed by atoms with Gasteiger partial charge in [0.1, 0.15) is 6.04 Å². The minimum Gasteiger partial charge on any atom is -0.480 e. The maximum absolute atomic E-state index is 12.2. The highest BCUT2D eigenvalue weighted by atomic mass is 16.4. The molecule has 1 fully saturated rings. The Kier molecular flexibility index (Phi) is 6.45. The zero-order chi connectivity index (χ0) is 19.5. The molecule has 0 saturated carbocycles. The second-order valence-corrected chi connectivity index (χ2v) is 8.41. The highest BCUT2D eigenvalue weighted by Crippen LogP contribution is 2.27. The lowest BCUT2D eigenvalue weighted by Crippen LogP contribution is -2.43. The van der Waals surface area contributed by atoms with E-state index >= 15 is 0 Å². The average molecular weight is 360 g/mol. The lowest BCUT2D eigenvalue weighted by molar-refractivity contribution is -0.142. The zero-order valence-electron chi connectivity index (χ0n) is 16.7. The Bertz CT molecular complexity index is 653. The number of carboxylic acids is 1. The summed E-state index contributed by atoms with van der Waals surface area (Å²) in [5.74, 6) is -0.930. The number of benzene rings is 1. The Balaban J connectivity index is 1.89. The van der Waals surface area contributed by atoms with Crippen LogP contribution in [0.3, 0.4) is 0 Å². The quantitative estimate of drug-likeness (QED) is 0.818. The minimum absolute atomic E-state index is 0.0974. The van der Waals surface area contributed by atoms with E-state index in [9.17, 15) is 14.7 Å². The molecule has 0 bridgehead atoms. The van der Waals surface area contributed by atoms with Gasteiger partial charge in [-0.25, -0.2) is 0 Å². The SMILES string of the molecule is Cc1cc(C(C)(C)C)cc(C)c1CCNC(=O)CN1CCC[C@H]1C(=O)O. The van der Waals surface area contributed by atoms with E-state index < -0.39 is 12.0 Å². The summed E-state index contributed by atoms with van der Waals surface area (Å²) in [6.45, 7) is 12.3. The fraction of sp³-hybridized carbons (Fsp3) is 0.619. The summed E-state index contributed by atoms with van der Waals surface area (Å²) < 4.78 is 0. The van der Waals surface area contributed by atoms with Gasteiger partial charge in [-0.1, -0.05) is 32.9 Å². The van der Waals surface area contributed by atoms with E-state index in [2.05, 4.69) is 52.1 Å². The van der Waals surface area contributed by atoms with Crippen molar-refractivity contribution in [1.29, 1.82) is 0 Å². The Morgan fingerprint density at radius 3 is 2.38 bits per heavy atom. The third-order valence-electron chi connectivity index (χ3n) is 5.25. The number of hydrogen-bond acceptors (Lipinski definition) is 3. The molecule has 0 radical (unpaired) electrons. The van der Waals surface area contributed by atoms with Gasteiger partial charge < -0.3 is 10.4 Å². The van der Waals surface area contributed by atoms with Crippen molar-refractivity contribution in [3.63, 3.8) is 0 Å². The van der Waals surface area contributed by atoms with Gasteiger partial charge in [-0.15, -0.1) is 0 Å². The van der Waals surface area contributed by atoms with Gasteiger partial charge in [-0.2, -0.15) is 0 Å². The van der Waals surface area contributed by atoms with E-state index in [1.807, 2.05) is 0 Å². The van der Waals surface area contributed by atoms with E-state index in [-0.39, 0.29) is 17.9 Å². The summed E-state index contributed by atoms with van der Waals surface area (Å²) in [4.78, 5) is 25.1. The van der Waals surface area contributed by atoms with Crippen LogP contribution in [0.25, 0.3) is 0 Å². The van der Waals surface area contributed by atoms with Crippen LogP contribution in [0.15, 0.2) is 12.1 Å². The molecule has 1 heterocycles. The fourth-order valence-corrected chi connectivity index (χ4v) is 3.68. The molecule has 1 atom stereocenters. The van der Waals surface area contributed by atoms with Crippen LogP contribution in [-0.4, -0.2) is 47.6 Å². The fourth-order valence-electron chi connectivity index (χ4n) is 3.68. The molecule has 0 aliphatic carbocycles. The molecule has 144 valence electrons. The van der Waals surface area contributed by atoms with Gasteiger partial charge in [0.2, 0.25) is 5.91 Å². The van der Waals surface area contributed by atoms with Gasteiger partial charge in [-0.3, -0.25) is 14.5 Å². The first-order valence-corrected chi connectivity index (χ1v) is 9.43. The van der Waals surface area contributed by atoms with Gasteiger partial charge in [0, 0.05) is 6.54 Å². The average Bonchev–Trinajstić information content (AvgIpc) is 2.97. The second kappa shape index (κ2) is 8.21. The van der Waals surface area contributed by atoms with Crippen molar-refractivity contribution in [3.8, 4) is 0 Å².